The molecule has 0 spiro atoms. The number of hydrogen-bond acceptors (Lipinski definition) is 7. The van der Waals surface area contributed by atoms with Crippen LogP contribution in [0.15, 0.2) is 38.6 Å². The zero-order valence-corrected chi connectivity index (χ0v) is 20.7. The van der Waals surface area contributed by atoms with Gasteiger partial charge in [0.05, 0.1) is 22.7 Å². The molecule has 2 aliphatic rings. The third-order valence-corrected chi connectivity index (χ3v) is 7.16. The molecule has 0 aliphatic carbocycles. The molecule has 0 bridgehead atoms. The summed E-state index contributed by atoms with van der Waals surface area (Å²) in [6, 6.07) is 8.58. The van der Waals surface area contributed by atoms with Crippen LogP contribution in [0.5, 0.6) is 5.06 Å². The molecule has 4 rings (SSSR count). The van der Waals surface area contributed by atoms with Gasteiger partial charge < -0.3 is 29.7 Å². The zero-order chi connectivity index (χ0) is 22.7. The number of rotatable bonds is 5. The fraction of sp³-hybridized carbons (Fsp3) is 0.350. The van der Waals surface area contributed by atoms with Crippen LogP contribution in [0.4, 0.5) is 16.2 Å². The number of nitrogens with one attached hydrogen (secondary N) is 2. The van der Waals surface area contributed by atoms with E-state index in [1.54, 1.807) is 35.2 Å². The van der Waals surface area contributed by atoms with Crippen LogP contribution < -0.4 is 20.3 Å². The molecule has 2 aromatic rings. The monoisotopic (exact) mass is 587 g/mol. The number of amides is 3. The summed E-state index contributed by atoms with van der Waals surface area (Å²) in [7, 11) is 0. The van der Waals surface area contributed by atoms with E-state index in [1.165, 1.54) is 11.3 Å². The van der Waals surface area contributed by atoms with Crippen LogP contribution in [0.2, 0.25) is 0 Å². The number of hydrogen-bond donors (Lipinski definition) is 2. The number of nitrogens with zero attached hydrogens (tertiary/aromatic N) is 1. The molecular weight excluding hydrogens is 570 g/mol. The van der Waals surface area contributed by atoms with Crippen molar-refractivity contribution in [2.75, 3.05) is 43.2 Å². The van der Waals surface area contributed by atoms with Gasteiger partial charge in [-0.1, -0.05) is 11.3 Å². The molecule has 1 atom stereocenters. The van der Waals surface area contributed by atoms with Gasteiger partial charge in [0, 0.05) is 29.7 Å². The lowest BCUT2D eigenvalue weighted by Gasteiger charge is -2.29. The van der Waals surface area contributed by atoms with Crippen LogP contribution in [-0.4, -0.2) is 56.4 Å². The molecule has 32 heavy (non-hydrogen) atoms. The second-order valence-electron chi connectivity index (χ2n) is 7.18. The normalized spacial score (nSPS) is 20.8. The fourth-order valence-electron chi connectivity index (χ4n) is 3.39. The van der Waals surface area contributed by atoms with Crippen molar-refractivity contribution in [3.05, 3.63) is 38.6 Å². The van der Waals surface area contributed by atoms with Crippen LogP contribution in [-0.2, 0) is 19.1 Å². The van der Waals surface area contributed by atoms with Crippen molar-refractivity contribution >= 4 is 72.5 Å². The second kappa shape index (κ2) is 9.87. The van der Waals surface area contributed by atoms with Crippen molar-refractivity contribution in [1.29, 1.82) is 0 Å². The number of halogens is 2. The molecule has 2 aliphatic heterocycles. The molecule has 1 unspecified atom stereocenters. The average Bonchev–Trinajstić information content (AvgIpc) is 3.38. The number of carbonyl (C=O) groups excluding carboxylic acids is 3. The number of carbonyl (C=O) groups is 3. The summed E-state index contributed by atoms with van der Waals surface area (Å²) < 4.78 is 17.3. The van der Waals surface area contributed by atoms with Crippen LogP contribution in [0, 0.1) is 0 Å². The summed E-state index contributed by atoms with van der Waals surface area (Å²) in [5.41, 5.74) is -0.0503. The van der Waals surface area contributed by atoms with Crippen molar-refractivity contribution in [2.45, 2.75) is 12.0 Å². The predicted molar refractivity (Wildman–Crippen MR) is 125 cm³/mol. The van der Waals surface area contributed by atoms with E-state index >= 15 is 0 Å². The standard InChI is InChI=1S/C20H19Br2N3O6S/c21-13-9-12(1-2-14(13)25-6-8-29-10-16(25)26)23-18(27)20(5-7-30-11-20)24-19(28)31-17-4-3-15(22)32-17/h1-4,9H,5-8,10-11H2,(H,23,27)(H,24,28). The molecule has 0 saturated carbocycles. The first-order valence-electron chi connectivity index (χ1n) is 9.68. The fourth-order valence-corrected chi connectivity index (χ4v) is 5.18. The van der Waals surface area contributed by atoms with Crippen LogP contribution in [0.3, 0.4) is 0 Å². The maximum atomic E-state index is 13.1. The minimum atomic E-state index is -1.25. The third kappa shape index (κ3) is 5.15. The largest absolute Gasteiger partial charge is 0.414 e. The Kier molecular flexibility index (Phi) is 7.15. The van der Waals surface area contributed by atoms with E-state index in [0.717, 1.165) is 3.79 Å². The predicted octanol–water partition coefficient (Wildman–Crippen LogP) is 3.52. The molecule has 3 amide bonds. The topological polar surface area (TPSA) is 106 Å². The molecule has 12 heteroatoms. The lowest BCUT2D eigenvalue weighted by Crippen LogP contribution is -2.58. The van der Waals surface area contributed by atoms with Crippen LogP contribution >= 0.6 is 43.2 Å². The van der Waals surface area contributed by atoms with E-state index < -0.39 is 17.5 Å². The second-order valence-corrected chi connectivity index (χ2v) is 10.5. The average molecular weight is 589 g/mol. The van der Waals surface area contributed by atoms with E-state index in [-0.39, 0.29) is 19.1 Å². The minimum absolute atomic E-state index is 0.0314. The first-order valence-corrected chi connectivity index (χ1v) is 12.1. The number of benzene rings is 1. The minimum Gasteiger partial charge on any atom is -0.399 e. The Morgan fingerprint density at radius 2 is 2.00 bits per heavy atom. The van der Waals surface area contributed by atoms with Crippen molar-refractivity contribution in [3.8, 4) is 5.06 Å². The molecule has 3 heterocycles. The van der Waals surface area contributed by atoms with Gasteiger partial charge in [-0.3, -0.25) is 9.59 Å². The summed E-state index contributed by atoms with van der Waals surface area (Å²) in [6.45, 7) is 1.32. The van der Waals surface area contributed by atoms with Crippen LogP contribution in [0.25, 0.3) is 0 Å². The van der Waals surface area contributed by atoms with E-state index in [2.05, 4.69) is 42.5 Å². The molecule has 2 saturated heterocycles. The highest BCUT2D eigenvalue weighted by molar-refractivity contribution is 9.11. The molecule has 1 aromatic carbocycles. The number of thiophene rings is 1. The van der Waals surface area contributed by atoms with E-state index in [0.29, 0.717) is 47.1 Å². The maximum absolute atomic E-state index is 13.1. The molecule has 1 aromatic heterocycles. The first-order chi connectivity index (χ1) is 15.4. The highest BCUT2D eigenvalue weighted by atomic mass is 79.9. The van der Waals surface area contributed by atoms with E-state index in [4.69, 9.17) is 14.2 Å². The van der Waals surface area contributed by atoms with Gasteiger partial charge in [-0.05, 0) is 62.2 Å². The molecule has 9 nitrogen and oxygen atoms in total. The number of morpholine rings is 1. The lowest BCUT2D eigenvalue weighted by molar-refractivity contribution is -0.125. The summed E-state index contributed by atoms with van der Waals surface area (Å²) in [4.78, 5) is 39.3. The van der Waals surface area contributed by atoms with E-state index in [1.807, 2.05) is 0 Å². The summed E-state index contributed by atoms with van der Waals surface area (Å²) >= 11 is 8.04. The van der Waals surface area contributed by atoms with Crippen molar-refractivity contribution < 1.29 is 28.6 Å². The number of ether oxygens (including phenoxy) is 3. The van der Waals surface area contributed by atoms with Gasteiger partial charge in [0.25, 0.3) is 11.8 Å². The Labute approximate surface area is 204 Å². The Morgan fingerprint density at radius 1 is 1.16 bits per heavy atom. The maximum Gasteiger partial charge on any atom is 0.414 e. The Bertz CT molecular complexity index is 1040. The Morgan fingerprint density at radius 3 is 2.66 bits per heavy atom. The molecule has 0 radical (unpaired) electrons. The highest BCUT2D eigenvalue weighted by Crippen LogP contribution is 2.32. The van der Waals surface area contributed by atoms with Gasteiger partial charge in [0.1, 0.15) is 12.1 Å². The van der Waals surface area contributed by atoms with Gasteiger partial charge in [-0.15, -0.1) is 0 Å². The molecule has 2 fully saturated rings. The van der Waals surface area contributed by atoms with Gasteiger partial charge in [-0.2, -0.15) is 0 Å². The first kappa shape index (κ1) is 23.2. The third-order valence-electron chi connectivity index (χ3n) is 5.02. The summed E-state index contributed by atoms with van der Waals surface area (Å²) in [5.74, 6) is -0.544. The van der Waals surface area contributed by atoms with Crippen molar-refractivity contribution in [2.24, 2.45) is 0 Å². The Hall–Kier alpha value is -1.99. The highest BCUT2D eigenvalue weighted by Gasteiger charge is 2.44. The van der Waals surface area contributed by atoms with Gasteiger partial charge in [-0.25, -0.2) is 4.79 Å². The van der Waals surface area contributed by atoms with Gasteiger partial charge in [0.2, 0.25) is 0 Å². The Balaban J connectivity index is 1.45. The molecule has 170 valence electrons. The van der Waals surface area contributed by atoms with E-state index in [9.17, 15) is 14.4 Å². The van der Waals surface area contributed by atoms with Crippen molar-refractivity contribution in [1.82, 2.24) is 5.32 Å². The van der Waals surface area contributed by atoms with Gasteiger partial charge >= 0.3 is 6.09 Å². The quantitative estimate of drug-likeness (QED) is 0.554. The van der Waals surface area contributed by atoms with Crippen LogP contribution in [0.1, 0.15) is 6.42 Å². The SMILES string of the molecule is O=C(NC1(C(=O)Nc2ccc(N3CCOCC3=O)c(Br)c2)CCOC1)Oc1ccc(Br)s1. The number of anilines is 2. The smallest absolute Gasteiger partial charge is 0.399 e. The lowest BCUT2D eigenvalue weighted by atomic mass is 9.97. The molecular formula is C20H19Br2N3O6S. The van der Waals surface area contributed by atoms with Gasteiger partial charge in [0.15, 0.2) is 5.06 Å². The molecule has 2 N–H and O–H groups in total. The summed E-state index contributed by atoms with van der Waals surface area (Å²) in [5, 5.41) is 5.90. The van der Waals surface area contributed by atoms with Crippen molar-refractivity contribution in [3.63, 3.8) is 0 Å². The summed E-state index contributed by atoms with van der Waals surface area (Å²) in [6.07, 6.45) is -0.425. The zero-order valence-electron chi connectivity index (χ0n) is 16.7.